The first-order chi connectivity index (χ1) is 13.0. The minimum atomic E-state index is -0.850. The van der Waals surface area contributed by atoms with E-state index in [4.69, 9.17) is 20.9 Å². The van der Waals surface area contributed by atoms with E-state index in [0.717, 1.165) is 5.56 Å². The first-order valence-corrected chi connectivity index (χ1v) is 8.66. The number of carbonyl (C=O) groups is 1. The molecule has 7 heteroatoms. The fourth-order valence-corrected chi connectivity index (χ4v) is 2.74. The summed E-state index contributed by atoms with van der Waals surface area (Å²) in [5, 5.41) is 14.9. The molecule has 1 aromatic heterocycles. The monoisotopic (exact) mass is 386 g/mol. The van der Waals surface area contributed by atoms with Crippen LogP contribution < -0.4 is 4.74 Å². The van der Waals surface area contributed by atoms with E-state index in [9.17, 15) is 9.90 Å². The van der Waals surface area contributed by atoms with E-state index >= 15 is 0 Å². The number of carbonyl (C=O) groups excluding carboxylic acids is 1. The Kier molecular flexibility index (Phi) is 5.78. The van der Waals surface area contributed by atoms with Gasteiger partial charge in [0.1, 0.15) is 5.75 Å². The van der Waals surface area contributed by atoms with E-state index in [1.807, 2.05) is 0 Å². The molecule has 0 fully saturated rings. The van der Waals surface area contributed by atoms with Crippen LogP contribution in [-0.4, -0.2) is 41.8 Å². The number of nitrogens with zero attached hydrogens (tertiary/aromatic N) is 2. The van der Waals surface area contributed by atoms with Crippen LogP contribution >= 0.6 is 11.6 Å². The van der Waals surface area contributed by atoms with E-state index in [1.54, 1.807) is 68.8 Å². The number of ether oxygens (including phenoxy) is 1. The zero-order chi connectivity index (χ0) is 19.4. The summed E-state index contributed by atoms with van der Waals surface area (Å²) in [6.07, 6.45) is -0.850. The van der Waals surface area contributed by atoms with Crippen LogP contribution in [0.1, 0.15) is 22.2 Å². The number of aromatic nitrogens is 1. The molecule has 1 N–H and O–H groups in total. The molecule has 0 aliphatic carbocycles. The zero-order valence-corrected chi connectivity index (χ0v) is 15.7. The molecule has 3 rings (SSSR count). The summed E-state index contributed by atoms with van der Waals surface area (Å²) in [7, 11) is 3.16. The van der Waals surface area contributed by atoms with Crippen molar-refractivity contribution in [2.24, 2.45) is 0 Å². The molecule has 1 heterocycles. The molecular weight excluding hydrogens is 368 g/mol. The Morgan fingerprint density at radius 3 is 2.70 bits per heavy atom. The van der Waals surface area contributed by atoms with Crippen molar-refractivity contribution < 1.29 is 19.2 Å². The summed E-state index contributed by atoms with van der Waals surface area (Å²) in [6.45, 7) is 0.106. The first-order valence-electron chi connectivity index (χ1n) is 8.28. The predicted octanol–water partition coefficient (Wildman–Crippen LogP) is 3.81. The Hall–Kier alpha value is -2.83. The lowest BCUT2D eigenvalue weighted by molar-refractivity contribution is 0.0671. The van der Waals surface area contributed by atoms with Crippen LogP contribution in [0.3, 0.4) is 0 Å². The van der Waals surface area contributed by atoms with Gasteiger partial charge in [-0.15, -0.1) is 0 Å². The molecule has 0 aliphatic rings. The highest BCUT2D eigenvalue weighted by atomic mass is 35.5. The number of aliphatic hydroxyl groups is 1. The van der Waals surface area contributed by atoms with Gasteiger partial charge in [0.15, 0.2) is 11.5 Å². The highest BCUT2D eigenvalue weighted by molar-refractivity contribution is 6.30. The molecule has 6 nitrogen and oxygen atoms in total. The minimum absolute atomic E-state index is 0.106. The lowest BCUT2D eigenvalue weighted by atomic mass is 10.1. The van der Waals surface area contributed by atoms with Crippen molar-refractivity contribution in [2.45, 2.75) is 6.10 Å². The quantitative estimate of drug-likeness (QED) is 0.697. The molecule has 3 aromatic rings. The summed E-state index contributed by atoms with van der Waals surface area (Å²) in [6, 6.07) is 15.7. The van der Waals surface area contributed by atoms with Crippen LogP contribution in [0, 0.1) is 0 Å². The van der Waals surface area contributed by atoms with E-state index in [1.165, 1.54) is 4.90 Å². The molecule has 0 radical (unpaired) electrons. The van der Waals surface area contributed by atoms with Gasteiger partial charge in [0, 0.05) is 23.7 Å². The van der Waals surface area contributed by atoms with Gasteiger partial charge in [0.25, 0.3) is 5.91 Å². The number of amides is 1. The summed E-state index contributed by atoms with van der Waals surface area (Å²) < 4.78 is 10.4. The third-order valence-electron chi connectivity index (χ3n) is 4.13. The molecule has 27 heavy (non-hydrogen) atoms. The van der Waals surface area contributed by atoms with Crippen LogP contribution in [0.5, 0.6) is 5.75 Å². The van der Waals surface area contributed by atoms with Gasteiger partial charge in [-0.05, 0) is 42.0 Å². The third-order valence-corrected chi connectivity index (χ3v) is 4.38. The van der Waals surface area contributed by atoms with Gasteiger partial charge in [-0.1, -0.05) is 28.9 Å². The third kappa shape index (κ3) is 4.48. The molecule has 0 saturated carbocycles. The maximum Gasteiger partial charge on any atom is 0.275 e. The number of halogens is 1. The van der Waals surface area contributed by atoms with Gasteiger partial charge >= 0.3 is 0 Å². The summed E-state index contributed by atoms with van der Waals surface area (Å²) in [5.74, 6) is 0.766. The van der Waals surface area contributed by atoms with Gasteiger partial charge in [-0.3, -0.25) is 4.79 Å². The topological polar surface area (TPSA) is 75.8 Å². The SMILES string of the molecule is COc1cccc(C(O)CN(C)C(=O)c2cc(-c3ccc(Cl)cc3)on2)c1. The van der Waals surface area contributed by atoms with Gasteiger partial charge in [0.2, 0.25) is 0 Å². The van der Waals surface area contributed by atoms with Crippen molar-refractivity contribution in [3.8, 4) is 17.1 Å². The molecule has 0 saturated heterocycles. The smallest absolute Gasteiger partial charge is 0.275 e. The lowest BCUT2D eigenvalue weighted by Gasteiger charge is -2.20. The fourth-order valence-electron chi connectivity index (χ4n) is 2.62. The Morgan fingerprint density at radius 2 is 2.00 bits per heavy atom. The first kappa shape index (κ1) is 18.9. The molecule has 0 aliphatic heterocycles. The molecule has 1 atom stereocenters. The van der Waals surface area contributed by atoms with Crippen molar-refractivity contribution in [3.05, 3.63) is 70.9 Å². The highest BCUT2D eigenvalue weighted by Gasteiger charge is 2.20. The van der Waals surface area contributed by atoms with Crippen molar-refractivity contribution >= 4 is 17.5 Å². The van der Waals surface area contributed by atoms with Gasteiger partial charge in [-0.25, -0.2) is 0 Å². The second kappa shape index (κ2) is 8.24. The van der Waals surface area contributed by atoms with Crippen LogP contribution in [0.15, 0.2) is 59.1 Å². The molecule has 0 bridgehead atoms. The minimum Gasteiger partial charge on any atom is -0.497 e. The second-order valence-corrected chi connectivity index (χ2v) is 6.50. The highest BCUT2D eigenvalue weighted by Crippen LogP contribution is 2.24. The van der Waals surface area contributed by atoms with E-state index in [-0.39, 0.29) is 18.1 Å². The Bertz CT molecular complexity index is 924. The van der Waals surface area contributed by atoms with Crippen molar-refractivity contribution in [2.75, 3.05) is 20.7 Å². The maximum atomic E-state index is 12.6. The predicted molar refractivity (Wildman–Crippen MR) is 102 cm³/mol. The summed E-state index contributed by atoms with van der Waals surface area (Å²) in [4.78, 5) is 14.0. The standard InChI is InChI=1S/C20H19ClN2O4/c1-23(12-18(24)14-4-3-5-16(10-14)26-2)20(25)17-11-19(27-22-17)13-6-8-15(21)9-7-13/h3-11,18,24H,12H2,1-2H3. The molecule has 140 valence electrons. The molecule has 0 spiro atoms. The number of likely N-dealkylation sites (N-methyl/N-ethyl adjacent to an activating group) is 1. The summed E-state index contributed by atoms with van der Waals surface area (Å²) >= 11 is 5.88. The van der Waals surface area contributed by atoms with Crippen molar-refractivity contribution in [3.63, 3.8) is 0 Å². The lowest BCUT2D eigenvalue weighted by Crippen LogP contribution is -2.31. The summed E-state index contributed by atoms with van der Waals surface area (Å²) in [5.41, 5.74) is 1.60. The second-order valence-electron chi connectivity index (χ2n) is 6.06. The number of hydrogen-bond acceptors (Lipinski definition) is 5. The van der Waals surface area contributed by atoms with Gasteiger partial charge in [0.05, 0.1) is 19.8 Å². The van der Waals surface area contributed by atoms with E-state index < -0.39 is 6.10 Å². The molecule has 1 unspecified atom stereocenters. The Labute approximate surface area is 161 Å². The number of hydrogen-bond donors (Lipinski definition) is 1. The van der Waals surface area contributed by atoms with E-state index in [2.05, 4.69) is 5.16 Å². The molecular formula is C20H19ClN2O4. The normalized spacial score (nSPS) is 11.9. The maximum absolute atomic E-state index is 12.6. The molecule has 2 aromatic carbocycles. The average molecular weight is 387 g/mol. The van der Waals surface area contributed by atoms with Gasteiger partial charge in [-0.2, -0.15) is 0 Å². The molecule has 1 amide bonds. The number of aliphatic hydroxyl groups excluding tert-OH is 1. The van der Waals surface area contributed by atoms with Gasteiger partial charge < -0.3 is 19.3 Å². The van der Waals surface area contributed by atoms with Crippen LogP contribution in [0.2, 0.25) is 5.02 Å². The Morgan fingerprint density at radius 1 is 1.26 bits per heavy atom. The average Bonchev–Trinajstić information content (AvgIpc) is 3.18. The van der Waals surface area contributed by atoms with Crippen molar-refractivity contribution in [1.29, 1.82) is 0 Å². The van der Waals surface area contributed by atoms with Crippen LogP contribution in [0.25, 0.3) is 11.3 Å². The number of methoxy groups -OCH3 is 1. The van der Waals surface area contributed by atoms with Crippen LogP contribution in [-0.2, 0) is 0 Å². The zero-order valence-electron chi connectivity index (χ0n) is 14.9. The van der Waals surface area contributed by atoms with Crippen LogP contribution in [0.4, 0.5) is 0 Å². The fraction of sp³-hybridized carbons (Fsp3) is 0.200. The van der Waals surface area contributed by atoms with Crippen molar-refractivity contribution in [1.82, 2.24) is 10.1 Å². The number of rotatable bonds is 6. The number of benzene rings is 2. The Balaban J connectivity index is 1.69. The largest absolute Gasteiger partial charge is 0.497 e. The van der Waals surface area contributed by atoms with E-state index in [0.29, 0.717) is 22.1 Å².